The largest absolute Gasteiger partial charge is 0.363 e. The molecule has 3 aromatic rings. The van der Waals surface area contributed by atoms with Crippen LogP contribution < -0.4 is 21.5 Å². The molecule has 4 rings (SSSR count). The fourth-order valence-corrected chi connectivity index (χ4v) is 3.66. The van der Waals surface area contributed by atoms with Gasteiger partial charge in [-0.15, -0.1) is 0 Å². The molecule has 1 aliphatic rings. The normalized spacial score (nSPS) is 13.5. The molecular formula is C23H28N6O3. The van der Waals surface area contributed by atoms with E-state index in [0.717, 1.165) is 29.9 Å². The molecule has 1 fully saturated rings. The van der Waals surface area contributed by atoms with E-state index in [1.165, 1.54) is 4.57 Å². The van der Waals surface area contributed by atoms with Crippen LogP contribution >= 0.6 is 0 Å². The number of carbonyl (C=O) groups excluding carboxylic acids is 1. The highest BCUT2D eigenvalue weighted by atomic mass is 16.2. The van der Waals surface area contributed by atoms with Crippen LogP contribution in [0.15, 0.2) is 34.0 Å². The first-order valence-electron chi connectivity index (χ1n) is 10.8. The number of pyridine rings is 2. The van der Waals surface area contributed by atoms with Gasteiger partial charge < -0.3 is 10.2 Å². The minimum absolute atomic E-state index is 0.147. The third-order valence-electron chi connectivity index (χ3n) is 5.48. The number of rotatable bonds is 7. The quantitative estimate of drug-likeness (QED) is 0.586. The minimum atomic E-state index is -0.595. The molecule has 1 aliphatic carbocycles. The maximum absolute atomic E-state index is 13.2. The summed E-state index contributed by atoms with van der Waals surface area (Å²) >= 11 is 0. The molecule has 1 amide bonds. The highest BCUT2D eigenvalue weighted by Crippen LogP contribution is 2.39. The molecule has 0 unspecified atom stereocenters. The Hall–Kier alpha value is -3.49. The molecule has 9 heteroatoms. The molecule has 1 saturated carbocycles. The molecule has 3 heterocycles. The molecule has 168 valence electrons. The number of carbonyl (C=O) groups is 1. The Morgan fingerprint density at radius 3 is 2.62 bits per heavy atom. The smallest absolute Gasteiger partial charge is 0.330 e. The number of aromatic amines is 1. The van der Waals surface area contributed by atoms with E-state index in [1.807, 2.05) is 45.0 Å². The lowest BCUT2D eigenvalue weighted by molar-refractivity contribution is 0.0952. The topological polar surface area (TPSA) is 113 Å². The molecule has 2 N–H and O–H groups in total. The average Bonchev–Trinajstić information content (AvgIpc) is 3.59. The van der Waals surface area contributed by atoms with Crippen molar-refractivity contribution in [3.63, 3.8) is 0 Å². The SMILES string of the molecule is CC(C)Cn1c(=O)[nH]c(=O)c2c(C(=O)NCc3ccc(N(C)C)nc3)cc(C3CC3)nc21. The molecule has 0 bridgehead atoms. The Morgan fingerprint density at radius 2 is 2.03 bits per heavy atom. The van der Waals surface area contributed by atoms with Crippen LogP contribution in [-0.2, 0) is 13.1 Å². The van der Waals surface area contributed by atoms with Gasteiger partial charge in [-0.25, -0.2) is 14.8 Å². The van der Waals surface area contributed by atoms with Crippen LogP contribution in [0.4, 0.5) is 5.82 Å². The first kappa shape index (κ1) is 21.7. The van der Waals surface area contributed by atoms with E-state index in [4.69, 9.17) is 0 Å². The number of H-pyrrole nitrogens is 1. The van der Waals surface area contributed by atoms with Crippen molar-refractivity contribution in [1.29, 1.82) is 0 Å². The van der Waals surface area contributed by atoms with Gasteiger partial charge >= 0.3 is 5.69 Å². The van der Waals surface area contributed by atoms with Crippen molar-refractivity contribution in [2.75, 3.05) is 19.0 Å². The highest BCUT2D eigenvalue weighted by molar-refractivity contribution is 6.05. The second-order valence-corrected chi connectivity index (χ2v) is 8.93. The van der Waals surface area contributed by atoms with E-state index in [2.05, 4.69) is 20.3 Å². The van der Waals surface area contributed by atoms with Crippen LogP contribution in [0, 0.1) is 5.92 Å². The van der Waals surface area contributed by atoms with Crippen LogP contribution in [-0.4, -0.2) is 39.5 Å². The van der Waals surface area contributed by atoms with Crippen molar-refractivity contribution >= 4 is 22.8 Å². The molecule has 0 saturated heterocycles. The summed E-state index contributed by atoms with van der Waals surface area (Å²) in [5.74, 6) is 0.874. The van der Waals surface area contributed by atoms with Crippen LogP contribution in [0.3, 0.4) is 0 Å². The van der Waals surface area contributed by atoms with Gasteiger partial charge in [0, 0.05) is 45.0 Å². The van der Waals surface area contributed by atoms with E-state index < -0.39 is 11.2 Å². The number of hydrogen-bond acceptors (Lipinski definition) is 6. The van der Waals surface area contributed by atoms with Crippen molar-refractivity contribution in [3.8, 4) is 0 Å². The zero-order valence-electron chi connectivity index (χ0n) is 18.8. The molecule has 0 aromatic carbocycles. The van der Waals surface area contributed by atoms with E-state index in [-0.39, 0.29) is 40.9 Å². The molecule has 0 spiro atoms. The fourth-order valence-electron chi connectivity index (χ4n) is 3.66. The summed E-state index contributed by atoms with van der Waals surface area (Å²) in [5.41, 5.74) is 1.02. The first-order valence-corrected chi connectivity index (χ1v) is 10.8. The second-order valence-electron chi connectivity index (χ2n) is 8.93. The van der Waals surface area contributed by atoms with Crippen molar-refractivity contribution in [2.24, 2.45) is 5.92 Å². The summed E-state index contributed by atoms with van der Waals surface area (Å²) in [6.45, 7) is 4.64. The van der Waals surface area contributed by atoms with Gasteiger partial charge in [-0.2, -0.15) is 0 Å². The predicted molar refractivity (Wildman–Crippen MR) is 123 cm³/mol. The number of aromatic nitrogens is 4. The van der Waals surface area contributed by atoms with Crippen molar-refractivity contribution < 1.29 is 4.79 Å². The standard InChI is InChI=1S/C23H28N6O3/c1-13(2)12-29-20-19(22(31)27-23(29)32)16(9-17(26-20)15-6-7-15)21(30)25-11-14-5-8-18(24-10-14)28(3)4/h5,8-10,13,15H,6-7,11-12H2,1-4H3,(H,25,30)(H,27,31,32). The van der Waals surface area contributed by atoms with Gasteiger partial charge in [0.25, 0.3) is 11.5 Å². The lowest BCUT2D eigenvalue weighted by Gasteiger charge is -2.15. The lowest BCUT2D eigenvalue weighted by Crippen LogP contribution is -2.34. The number of nitrogens with one attached hydrogen (secondary N) is 2. The van der Waals surface area contributed by atoms with E-state index >= 15 is 0 Å². The number of hydrogen-bond donors (Lipinski definition) is 2. The van der Waals surface area contributed by atoms with Gasteiger partial charge in [-0.1, -0.05) is 19.9 Å². The van der Waals surface area contributed by atoms with E-state index in [0.29, 0.717) is 6.54 Å². The second kappa shape index (κ2) is 8.57. The van der Waals surface area contributed by atoms with Gasteiger partial charge in [0.05, 0.1) is 10.9 Å². The zero-order chi connectivity index (χ0) is 23.0. The maximum atomic E-state index is 13.2. The average molecular weight is 437 g/mol. The summed E-state index contributed by atoms with van der Waals surface area (Å²) in [6.07, 6.45) is 3.69. The van der Waals surface area contributed by atoms with Gasteiger partial charge in [0.1, 0.15) is 5.82 Å². The van der Waals surface area contributed by atoms with Gasteiger partial charge in [0.2, 0.25) is 0 Å². The Bertz CT molecular complexity index is 1270. The summed E-state index contributed by atoms with van der Waals surface area (Å²) < 4.78 is 1.47. The van der Waals surface area contributed by atoms with Crippen LogP contribution in [0.1, 0.15) is 54.2 Å². The summed E-state index contributed by atoms with van der Waals surface area (Å²) in [5, 5.41) is 3.03. The number of fused-ring (bicyclic) bond motifs is 1. The molecular weight excluding hydrogens is 408 g/mol. The van der Waals surface area contributed by atoms with Crippen molar-refractivity contribution in [1.82, 2.24) is 24.8 Å². The number of anilines is 1. The minimum Gasteiger partial charge on any atom is -0.363 e. The Balaban J connectivity index is 1.73. The number of nitrogens with zero attached hydrogens (tertiary/aromatic N) is 4. The van der Waals surface area contributed by atoms with Crippen molar-refractivity contribution in [2.45, 2.75) is 45.7 Å². The van der Waals surface area contributed by atoms with E-state index in [9.17, 15) is 14.4 Å². The van der Waals surface area contributed by atoms with Gasteiger partial charge in [0.15, 0.2) is 5.65 Å². The molecule has 9 nitrogen and oxygen atoms in total. The van der Waals surface area contributed by atoms with Crippen LogP contribution in [0.25, 0.3) is 11.0 Å². The molecule has 0 radical (unpaired) electrons. The molecule has 0 aliphatic heterocycles. The Morgan fingerprint density at radius 1 is 1.28 bits per heavy atom. The number of amides is 1. The predicted octanol–water partition coefficient (Wildman–Crippen LogP) is 2.01. The van der Waals surface area contributed by atoms with Gasteiger partial charge in [-0.3, -0.25) is 19.1 Å². The summed E-state index contributed by atoms with van der Waals surface area (Å²) in [7, 11) is 3.82. The third-order valence-corrected chi connectivity index (χ3v) is 5.48. The fraction of sp³-hybridized carbons (Fsp3) is 0.435. The first-order chi connectivity index (χ1) is 15.2. The maximum Gasteiger partial charge on any atom is 0.330 e. The molecule has 3 aromatic heterocycles. The Labute approximate surface area is 185 Å². The Kier molecular flexibility index (Phi) is 5.82. The van der Waals surface area contributed by atoms with Crippen LogP contribution in [0.5, 0.6) is 0 Å². The van der Waals surface area contributed by atoms with Crippen molar-refractivity contribution in [3.05, 3.63) is 62.1 Å². The summed E-state index contributed by atoms with van der Waals surface area (Å²) in [6, 6.07) is 5.47. The summed E-state index contributed by atoms with van der Waals surface area (Å²) in [4.78, 5) is 51.7. The molecule has 0 atom stereocenters. The van der Waals surface area contributed by atoms with Gasteiger partial charge in [-0.05, 0) is 36.5 Å². The van der Waals surface area contributed by atoms with Crippen LogP contribution in [0.2, 0.25) is 0 Å². The molecule has 32 heavy (non-hydrogen) atoms. The highest BCUT2D eigenvalue weighted by Gasteiger charge is 2.28. The lowest BCUT2D eigenvalue weighted by atomic mass is 10.1. The zero-order valence-corrected chi connectivity index (χ0v) is 18.8. The van der Waals surface area contributed by atoms with E-state index in [1.54, 1.807) is 12.3 Å². The third kappa shape index (κ3) is 4.42. The monoisotopic (exact) mass is 436 g/mol.